The number of aliphatic carboxylic acids is 1. The Hall–Kier alpha value is -0.780. The Bertz CT molecular complexity index is 245. The second-order valence-electron chi connectivity index (χ2n) is 4.38. The topological polar surface area (TPSA) is 46.5 Å². The van der Waals surface area contributed by atoms with Crippen LogP contribution in [-0.4, -0.2) is 30.0 Å². The number of carboxylic acid groups (broad SMARTS) is 1. The van der Waals surface area contributed by atoms with Crippen molar-refractivity contribution in [3.8, 4) is 0 Å². The molecule has 0 radical (unpaired) electrons. The van der Waals surface area contributed by atoms with E-state index in [0.717, 1.165) is 38.5 Å². The Labute approximate surface area is 97.9 Å². The Morgan fingerprint density at radius 1 is 1.24 bits per heavy atom. The minimum absolute atomic E-state index is 0.221. The molecule has 0 bridgehead atoms. The first-order valence-electron chi connectivity index (χ1n) is 5.82. The van der Waals surface area contributed by atoms with Gasteiger partial charge in [-0.25, -0.2) is 0 Å². The van der Waals surface area contributed by atoms with E-state index in [1.807, 2.05) is 0 Å². The van der Waals surface area contributed by atoms with Crippen molar-refractivity contribution in [1.29, 1.82) is 0 Å². The predicted octanol–water partition coefficient (Wildman–Crippen LogP) is 2.99. The average Bonchev–Trinajstić information content (AvgIpc) is 2.43. The van der Waals surface area contributed by atoms with Gasteiger partial charge >= 0.3 is 12.1 Å². The molecule has 6 heteroatoms. The molecule has 0 aliphatic heterocycles. The Kier molecular flexibility index (Phi) is 5.24. The highest BCUT2D eigenvalue weighted by atomic mass is 19.4. The fraction of sp³-hybridized carbons (Fsp3) is 0.909. The van der Waals surface area contributed by atoms with Crippen LogP contribution in [0.15, 0.2) is 0 Å². The summed E-state index contributed by atoms with van der Waals surface area (Å²) < 4.78 is 42.1. The van der Waals surface area contributed by atoms with Crippen LogP contribution in [0.4, 0.5) is 13.2 Å². The smallest absolute Gasteiger partial charge is 0.404 e. The fourth-order valence-corrected chi connectivity index (χ4v) is 1.95. The van der Waals surface area contributed by atoms with Crippen LogP contribution in [0.2, 0.25) is 0 Å². The SMILES string of the molecule is O=C(O)C(COC1CCCCCC1)C(F)(F)F. The predicted molar refractivity (Wildman–Crippen MR) is 54.6 cm³/mol. The molecule has 0 spiro atoms. The van der Waals surface area contributed by atoms with Crippen LogP contribution in [-0.2, 0) is 9.53 Å². The van der Waals surface area contributed by atoms with E-state index in [9.17, 15) is 18.0 Å². The van der Waals surface area contributed by atoms with Crippen LogP contribution in [0, 0.1) is 5.92 Å². The number of hydrogen-bond acceptors (Lipinski definition) is 2. The van der Waals surface area contributed by atoms with E-state index in [1.165, 1.54) is 0 Å². The molecule has 0 amide bonds. The fourth-order valence-electron chi connectivity index (χ4n) is 1.95. The zero-order chi connectivity index (χ0) is 12.9. The van der Waals surface area contributed by atoms with Crippen molar-refractivity contribution in [3.63, 3.8) is 0 Å². The van der Waals surface area contributed by atoms with Gasteiger partial charge in [0.15, 0.2) is 5.92 Å². The van der Waals surface area contributed by atoms with Gasteiger partial charge in [0.05, 0.1) is 12.7 Å². The third kappa shape index (κ3) is 4.93. The van der Waals surface area contributed by atoms with E-state index < -0.39 is 24.7 Å². The monoisotopic (exact) mass is 254 g/mol. The lowest BCUT2D eigenvalue weighted by Crippen LogP contribution is -2.35. The molecule has 1 unspecified atom stereocenters. The summed E-state index contributed by atoms with van der Waals surface area (Å²) in [6.45, 7) is -0.774. The maximum atomic E-state index is 12.3. The first kappa shape index (κ1) is 14.3. The van der Waals surface area contributed by atoms with Crippen molar-refractivity contribution in [2.24, 2.45) is 5.92 Å². The molecule has 1 atom stereocenters. The first-order valence-corrected chi connectivity index (χ1v) is 5.82. The van der Waals surface area contributed by atoms with Crippen LogP contribution in [0.5, 0.6) is 0 Å². The number of alkyl halides is 3. The summed E-state index contributed by atoms with van der Waals surface area (Å²) in [5.74, 6) is -4.28. The summed E-state index contributed by atoms with van der Waals surface area (Å²) in [5, 5.41) is 8.49. The molecule has 1 N–H and O–H groups in total. The molecule has 0 saturated heterocycles. The number of carboxylic acids is 1. The summed E-state index contributed by atoms with van der Waals surface area (Å²) in [7, 11) is 0. The van der Waals surface area contributed by atoms with E-state index in [-0.39, 0.29) is 6.10 Å². The lowest BCUT2D eigenvalue weighted by Gasteiger charge is -2.20. The summed E-state index contributed by atoms with van der Waals surface area (Å²) in [6.07, 6.45) is 0.512. The highest BCUT2D eigenvalue weighted by Crippen LogP contribution is 2.28. The van der Waals surface area contributed by atoms with Crippen LogP contribution in [0.1, 0.15) is 38.5 Å². The Morgan fingerprint density at radius 3 is 2.18 bits per heavy atom. The van der Waals surface area contributed by atoms with Gasteiger partial charge < -0.3 is 9.84 Å². The largest absolute Gasteiger partial charge is 0.481 e. The minimum Gasteiger partial charge on any atom is -0.481 e. The Morgan fingerprint density at radius 2 is 1.76 bits per heavy atom. The Balaban J connectivity index is 2.43. The van der Waals surface area contributed by atoms with Crippen LogP contribution < -0.4 is 0 Å². The van der Waals surface area contributed by atoms with Gasteiger partial charge in [-0.15, -0.1) is 0 Å². The molecular formula is C11H17F3O3. The summed E-state index contributed by atoms with van der Waals surface area (Å²) in [6, 6.07) is 0. The van der Waals surface area contributed by atoms with E-state index in [4.69, 9.17) is 9.84 Å². The molecule has 100 valence electrons. The third-order valence-electron chi connectivity index (χ3n) is 2.99. The summed E-state index contributed by atoms with van der Waals surface area (Å²) in [4.78, 5) is 10.5. The summed E-state index contributed by atoms with van der Waals surface area (Å²) >= 11 is 0. The number of halogens is 3. The normalized spacial score (nSPS) is 20.9. The quantitative estimate of drug-likeness (QED) is 0.784. The molecule has 1 fully saturated rings. The molecule has 3 nitrogen and oxygen atoms in total. The lowest BCUT2D eigenvalue weighted by molar-refractivity contribution is -0.205. The number of hydrogen-bond donors (Lipinski definition) is 1. The zero-order valence-electron chi connectivity index (χ0n) is 9.50. The van der Waals surface area contributed by atoms with E-state index >= 15 is 0 Å². The molecular weight excluding hydrogens is 237 g/mol. The molecule has 0 aromatic carbocycles. The molecule has 1 rings (SSSR count). The maximum absolute atomic E-state index is 12.3. The molecule has 0 aromatic rings. The van der Waals surface area contributed by atoms with Crippen LogP contribution in [0.25, 0.3) is 0 Å². The molecule has 1 aliphatic carbocycles. The number of ether oxygens (including phenoxy) is 1. The highest BCUT2D eigenvalue weighted by molar-refractivity contribution is 5.71. The maximum Gasteiger partial charge on any atom is 0.404 e. The molecule has 0 heterocycles. The van der Waals surface area contributed by atoms with E-state index in [2.05, 4.69) is 0 Å². The van der Waals surface area contributed by atoms with Gasteiger partial charge in [0, 0.05) is 0 Å². The van der Waals surface area contributed by atoms with Crippen molar-refractivity contribution in [2.75, 3.05) is 6.61 Å². The summed E-state index contributed by atoms with van der Waals surface area (Å²) in [5.41, 5.74) is 0. The first-order chi connectivity index (χ1) is 7.91. The standard InChI is InChI=1S/C11H17F3O3/c12-11(13,14)9(10(15)16)7-17-8-5-3-1-2-4-6-8/h8-9H,1-7H2,(H,15,16). The molecule has 1 aliphatic rings. The van der Waals surface area contributed by atoms with Crippen molar-refractivity contribution in [3.05, 3.63) is 0 Å². The van der Waals surface area contributed by atoms with E-state index in [0.29, 0.717) is 0 Å². The van der Waals surface area contributed by atoms with Gasteiger partial charge in [-0.3, -0.25) is 4.79 Å². The molecule has 0 aromatic heterocycles. The van der Waals surface area contributed by atoms with Crippen LogP contribution >= 0.6 is 0 Å². The number of carbonyl (C=O) groups is 1. The third-order valence-corrected chi connectivity index (χ3v) is 2.99. The van der Waals surface area contributed by atoms with Gasteiger partial charge in [0.1, 0.15) is 0 Å². The van der Waals surface area contributed by atoms with Gasteiger partial charge in [0.2, 0.25) is 0 Å². The minimum atomic E-state index is -4.74. The van der Waals surface area contributed by atoms with Crippen molar-refractivity contribution >= 4 is 5.97 Å². The van der Waals surface area contributed by atoms with E-state index in [1.54, 1.807) is 0 Å². The van der Waals surface area contributed by atoms with Crippen molar-refractivity contribution in [2.45, 2.75) is 50.8 Å². The van der Waals surface area contributed by atoms with Gasteiger partial charge in [-0.05, 0) is 12.8 Å². The van der Waals surface area contributed by atoms with Crippen molar-refractivity contribution < 1.29 is 27.8 Å². The second-order valence-corrected chi connectivity index (χ2v) is 4.38. The van der Waals surface area contributed by atoms with Crippen molar-refractivity contribution in [1.82, 2.24) is 0 Å². The zero-order valence-corrected chi connectivity index (χ0v) is 9.50. The molecule has 1 saturated carbocycles. The van der Waals surface area contributed by atoms with Gasteiger partial charge in [-0.2, -0.15) is 13.2 Å². The second kappa shape index (κ2) is 6.23. The van der Waals surface area contributed by atoms with Crippen LogP contribution in [0.3, 0.4) is 0 Å². The van der Waals surface area contributed by atoms with Gasteiger partial charge in [0.25, 0.3) is 0 Å². The van der Waals surface area contributed by atoms with Gasteiger partial charge in [-0.1, -0.05) is 25.7 Å². The highest BCUT2D eigenvalue weighted by Gasteiger charge is 2.45. The average molecular weight is 254 g/mol. The lowest BCUT2D eigenvalue weighted by atomic mass is 10.1. The molecule has 17 heavy (non-hydrogen) atoms. The number of rotatable bonds is 4.